The average molecular weight is 225 g/mol. The van der Waals surface area contributed by atoms with Gasteiger partial charge in [0.2, 0.25) is 0 Å². The topological polar surface area (TPSA) is 3.24 Å². The van der Waals surface area contributed by atoms with Crippen LogP contribution in [0.25, 0.3) is 0 Å². The van der Waals surface area contributed by atoms with Crippen molar-refractivity contribution in [3.63, 3.8) is 0 Å². The molecule has 0 radical (unpaired) electrons. The summed E-state index contributed by atoms with van der Waals surface area (Å²) in [4.78, 5) is 2.23. The minimum atomic E-state index is -0.355. The highest BCUT2D eigenvalue weighted by Gasteiger charge is 2.29. The Kier molecular flexibility index (Phi) is 3.24. The Morgan fingerprint density at radius 1 is 1.31 bits per heavy atom. The van der Waals surface area contributed by atoms with Crippen molar-refractivity contribution in [2.24, 2.45) is 0 Å². The monoisotopic (exact) mass is 225 g/mol. The number of nitrogens with zero attached hydrogens (tertiary/aromatic N) is 1. The molecule has 0 N–H and O–H groups in total. The third kappa shape index (κ3) is 2.09. The van der Waals surface area contributed by atoms with E-state index in [1.807, 2.05) is 0 Å². The first-order valence-electron chi connectivity index (χ1n) is 5.80. The van der Waals surface area contributed by atoms with Crippen LogP contribution in [0.1, 0.15) is 38.3 Å². The lowest BCUT2D eigenvalue weighted by Crippen LogP contribution is -2.30. The summed E-state index contributed by atoms with van der Waals surface area (Å²) in [5, 5.41) is 0. The maximum absolute atomic E-state index is 13.7. The summed E-state index contributed by atoms with van der Waals surface area (Å²) in [5.74, 6) is -0.647. The number of hydrogen-bond donors (Lipinski definition) is 0. The van der Waals surface area contributed by atoms with Crippen LogP contribution in [0, 0.1) is 11.6 Å². The van der Waals surface area contributed by atoms with Crippen LogP contribution in [0.2, 0.25) is 0 Å². The van der Waals surface area contributed by atoms with Crippen LogP contribution in [0.5, 0.6) is 0 Å². The molecule has 0 spiro atoms. The molecule has 1 aliphatic rings. The Labute approximate surface area is 95.1 Å². The standard InChI is InChI=1S/C13H17F2N/c1-9(2)16-7-3-4-13(16)11-8-10(14)5-6-12(11)15/h5-6,8-9,13H,3-4,7H2,1-2H3/t13-/m1/s1. The molecule has 1 heterocycles. The zero-order chi connectivity index (χ0) is 11.7. The van der Waals surface area contributed by atoms with Crippen molar-refractivity contribution in [1.82, 2.24) is 4.90 Å². The fourth-order valence-corrected chi connectivity index (χ4v) is 2.51. The SMILES string of the molecule is CC(C)N1CCC[C@@H]1c1cc(F)ccc1F. The Bertz CT molecular complexity index is 376. The van der Waals surface area contributed by atoms with Crippen molar-refractivity contribution in [2.75, 3.05) is 6.54 Å². The molecule has 1 aromatic rings. The zero-order valence-electron chi connectivity index (χ0n) is 9.71. The average Bonchev–Trinajstić information content (AvgIpc) is 2.70. The van der Waals surface area contributed by atoms with Gasteiger partial charge in [-0.2, -0.15) is 0 Å². The molecule has 0 bridgehead atoms. The fraction of sp³-hybridized carbons (Fsp3) is 0.538. The molecular formula is C13H17F2N. The molecule has 0 unspecified atom stereocenters. The molecule has 1 aromatic carbocycles. The first-order valence-corrected chi connectivity index (χ1v) is 5.80. The largest absolute Gasteiger partial charge is 0.294 e. The highest BCUT2D eigenvalue weighted by atomic mass is 19.1. The maximum atomic E-state index is 13.7. The van der Waals surface area contributed by atoms with Crippen LogP contribution in [0.15, 0.2) is 18.2 Å². The molecule has 1 aliphatic heterocycles. The van der Waals surface area contributed by atoms with Gasteiger partial charge in [0.1, 0.15) is 11.6 Å². The third-order valence-corrected chi connectivity index (χ3v) is 3.27. The van der Waals surface area contributed by atoms with Gasteiger partial charge in [-0.25, -0.2) is 8.78 Å². The van der Waals surface area contributed by atoms with Crippen LogP contribution >= 0.6 is 0 Å². The lowest BCUT2D eigenvalue weighted by atomic mass is 10.0. The minimum Gasteiger partial charge on any atom is -0.294 e. The molecule has 0 amide bonds. The third-order valence-electron chi connectivity index (χ3n) is 3.27. The summed E-state index contributed by atoms with van der Waals surface area (Å²) in [6.45, 7) is 5.16. The van der Waals surface area contributed by atoms with Gasteiger partial charge in [0, 0.05) is 17.6 Å². The van der Waals surface area contributed by atoms with Gasteiger partial charge in [-0.05, 0) is 51.4 Å². The molecule has 1 fully saturated rings. The second kappa shape index (κ2) is 4.50. The summed E-state index contributed by atoms with van der Waals surface area (Å²) in [7, 11) is 0. The first-order chi connectivity index (χ1) is 7.59. The van der Waals surface area contributed by atoms with E-state index < -0.39 is 0 Å². The molecular weight excluding hydrogens is 208 g/mol. The Hall–Kier alpha value is -0.960. The zero-order valence-corrected chi connectivity index (χ0v) is 9.71. The van der Waals surface area contributed by atoms with E-state index in [-0.39, 0.29) is 17.7 Å². The van der Waals surface area contributed by atoms with E-state index in [2.05, 4.69) is 18.7 Å². The highest BCUT2D eigenvalue weighted by molar-refractivity contribution is 5.23. The second-order valence-corrected chi connectivity index (χ2v) is 4.66. The van der Waals surface area contributed by atoms with E-state index in [4.69, 9.17) is 0 Å². The van der Waals surface area contributed by atoms with Gasteiger partial charge in [-0.15, -0.1) is 0 Å². The molecule has 0 aromatic heterocycles. The van der Waals surface area contributed by atoms with Gasteiger partial charge in [0.05, 0.1) is 0 Å². The normalized spacial score (nSPS) is 21.9. The van der Waals surface area contributed by atoms with E-state index in [1.165, 1.54) is 18.2 Å². The van der Waals surface area contributed by atoms with Crippen molar-refractivity contribution >= 4 is 0 Å². The molecule has 1 saturated heterocycles. The number of halogens is 2. The number of benzene rings is 1. The Morgan fingerprint density at radius 2 is 2.06 bits per heavy atom. The Morgan fingerprint density at radius 3 is 2.75 bits per heavy atom. The van der Waals surface area contributed by atoms with Gasteiger partial charge in [-0.1, -0.05) is 0 Å². The van der Waals surface area contributed by atoms with E-state index in [0.717, 1.165) is 19.4 Å². The second-order valence-electron chi connectivity index (χ2n) is 4.66. The molecule has 16 heavy (non-hydrogen) atoms. The lowest BCUT2D eigenvalue weighted by Gasteiger charge is -2.28. The molecule has 0 saturated carbocycles. The Balaban J connectivity index is 2.32. The van der Waals surface area contributed by atoms with Crippen LogP contribution in [0.3, 0.4) is 0 Å². The predicted molar refractivity (Wildman–Crippen MR) is 60.2 cm³/mol. The number of rotatable bonds is 2. The fourth-order valence-electron chi connectivity index (χ4n) is 2.51. The molecule has 2 rings (SSSR count). The van der Waals surface area contributed by atoms with Gasteiger partial charge < -0.3 is 0 Å². The highest BCUT2D eigenvalue weighted by Crippen LogP contribution is 2.34. The summed E-state index contributed by atoms with van der Waals surface area (Å²) < 4.78 is 26.8. The van der Waals surface area contributed by atoms with Crippen molar-refractivity contribution in [3.05, 3.63) is 35.4 Å². The van der Waals surface area contributed by atoms with Crippen molar-refractivity contribution in [1.29, 1.82) is 0 Å². The van der Waals surface area contributed by atoms with Crippen LogP contribution in [0.4, 0.5) is 8.78 Å². The molecule has 1 atom stereocenters. The van der Waals surface area contributed by atoms with Gasteiger partial charge in [0.15, 0.2) is 0 Å². The molecule has 88 valence electrons. The number of hydrogen-bond acceptors (Lipinski definition) is 1. The lowest BCUT2D eigenvalue weighted by molar-refractivity contribution is 0.201. The minimum absolute atomic E-state index is 0.0377. The number of likely N-dealkylation sites (tertiary alicyclic amines) is 1. The van der Waals surface area contributed by atoms with E-state index >= 15 is 0 Å². The van der Waals surface area contributed by atoms with Crippen molar-refractivity contribution in [2.45, 2.75) is 38.8 Å². The molecule has 0 aliphatic carbocycles. The summed E-state index contributed by atoms with van der Waals surface area (Å²) in [6, 6.07) is 4.14. The van der Waals surface area contributed by atoms with E-state index in [1.54, 1.807) is 0 Å². The van der Waals surface area contributed by atoms with Crippen molar-refractivity contribution in [3.8, 4) is 0 Å². The van der Waals surface area contributed by atoms with Gasteiger partial charge >= 0.3 is 0 Å². The first kappa shape index (κ1) is 11.5. The molecule has 3 heteroatoms. The van der Waals surface area contributed by atoms with Crippen LogP contribution < -0.4 is 0 Å². The summed E-state index contributed by atoms with van der Waals surface area (Å²) >= 11 is 0. The molecule has 1 nitrogen and oxygen atoms in total. The van der Waals surface area contributed by atoms with Gasteiger partial charge in [-0.3, -0.25) is 4.90 Å². The quantitative estimate of drug-likeness (QED) is 0.744. The smallest absolute Gasteiger partial charge is 0.128 e. The van der Waals surface area contributed by atoms with Crippen LogP contribution in [-0.4, -0.2) is 17.5 Å². The maximum Gasteiger partial charge on any atom is 0.128 e. The summed E-state index contributed by atoms with van der Waals surface area (Å²) in [6.07, 6.45) is 1.97. The van der Waals surface area contributed by atoms with Crippen LogP contribution in [-0.2, 0) is 0 Å². The van der Waals surface area contributed by atoms with E-state index in [0.29, 0.717) is 11.6 Å². The van der Waals surface area contributed by atoms with E-state index in [9.17, 15) is 8.78 Å². The van der Waals surface area contributed by atoms with Crippen molar-refractivity contribution < 1.29 is 8.78 Å². The van der Waals surface area contributed by atoms with Gasteiger partial charge in [0.25, 0.3) is 0 Å². The predicted octanol–water partition coefficient (Wildman–Crippen LogP) is 3.51. The summed E-state index contributed by atoms with van der Waals surface area (Å²) in [5.41, 5.74) is 0.506.